The number of piperidine rings is 1. The van der Waals surface area contributed by atoms with E-state index >= 15 is 0 Å². The largest absolute Gasteiger partial charge is 0.393 e. The third kappa shape index (κ3) is 2.79. The molecule has 2 rings (SSSR count). The Morgan fingerprint density at radius 3 is 2.78 bits per heavy atom. The van der Waals surface area contributed by atoms with E-state index in [-0.39, 0.29) is 6.10 Å². The quantitative estimate of drug-likeness (QED) is 0.807. The maximum Gasteiger partial charge on any atom is 0.106 e. The molecule has 1 aliphatic rings. The molecule has 3 N–H and O–H groups in total. The molecule has 5 heteroatoms. The molecule has 0 amide bonds. The van der Waals surface area contributed by atoms with Crippen LogP contribution in [0, 0.1) is 5.92 Å². The molecule has 18 heavy (non-hydrogen) atoms. The average molecular weight is 265 g/mol. The van der Waals surface area contributed by atoms with Crippen LogP contribution in [0.25, 0.3) is 0 Å². The molecular formula is C13H19N3OS. The van der Waals surface area contributed by atoms with Crippen molar-refractivity contribution in [2.24, 2.45) is 11.7 Å². The maximum absolute atomic E-state index is 9.61. The monoisotopic (exact) mass is 265 g/mol. The summed E-state index contributed by atoms with van der Waals surface area (Å²) >= 11 is 5.07. The highest BCUT2D eigenvalue weighted by molar-refractivity contribution is 7.80. The van der Waals surface area contributed by atoms with E-state index in [4.69, 9.17) is 18.0 Å². The highest BCUT2D eigenvalue weighted by Gasteiger charge is 2.24. The zero-order chi connectivity index (χ0) is 13.1. The first kappa shape index (κ1) is 13.2. The van der Waals surface area contributed by atoms with Crippen molar-refractivity contribution < 1.29 is 5.11 Å². The molecule has 1 aliphatic heterocycles. The number of hydrogen-bond acceptors (Lipinski definition) is 4. The summed E-state index contributed by atoms with van der Waals surface area (Å²) in [4.78, 5) is 6.81. The lowest BCUT2D eigenvalue weighted by Crippen LogP contribution is -2.38. The topological polar surface area (TPSA) is 62.4 Å². The fourth-order valence-electron chi connectivity index (χ4n) is 2.47. The summed E-state index contributed by atoms with van der Waals surface area (Å²) in [5.74, 6) is 0.395. The van der Waals surface area contributed by atoms with Crippen molar-refractivity contribution in [2.45, 2.75) is 25.9 Å². The highest BCUT2D eigenvalue weighted by atomic mass is 32.1. The molecule has 98 valence electrons. The molecule has 1 fully saturated rings. The van der Waals surface area contributed by atoms with Crippen molar-refractivity contribution in [1.29, 1.82) is 0 Å². The predicted molar refractivity (Wildman–Crippen MR) is 76.7 cm³/mol. The number of aromatic nitrogens is 1. The van der Waals surface area contributed by atoms with Gasteiger partial charge in [0.1, 0.15) is 4.99 Å². The molecule has 0 bridgehead atoms. The first-order valence-corrected chi connectivity index (χ1v) is 6.67. The molecule has 0 saturated carbocycles. The second-order valence-electron chi connectivity index (χ2n) is 4.82. The van der Waals surface area contributed by atoms with E-state index in [0.29, 0.717) is 10.9 Å². The van der Waals surface area contributed by atoms with Gasteiger partial charge in [-0.3, -0.25) is 4.98 Å². The SMILES string of the molecule is CC(O)C1CCN(c2cnccc2C(N)=S)CC1. The molecule has 1 aromatic heterocycles. The van der Waals surface area contributed by atoms with Gasteiger partial charge in [0.15, 0.2) is 0 Å². The van der Waals surface area contributed by atoms with Crippen molar-refractivity contribution in [3.05, 3.63) is 24.0 Å². The van der Waals surface area contributed by atoms with Crippen LogP contribution in [0.2, 0.25) is 0 Å². The van der Waals surface area contributed by atoms with Gasteiger partial charge in [-0.2, -0.15) is 0 Å². The zero-order valence-corrected chi connectivity index (χ0v) is 11.4. The smallest absolute Gasteiger partial charge is 0.106 e. The Kier molecular flexibility index (Phi) is 4.14. The van der Waals surface area contributed by atoms with Crippen LogP contribution in [-0.2, 0) is 0 Å². The molecule has 4 nitrogen and oxygen atoms in total. The van der Waals surface area contributed by atoms with Crippen molar-refractivity contribution in [3.63, 3.8) is 0 Å². The maximum atomic E-state index is 9.61. The molecule has 1 unspecified atom stereocenters. The molecule has 1 saturated heterocycles. The van der Waals surface area contributed by atoms with Gasteiger partial charge in [0.25, 0.3) is 0 Å². The number of nitrogens with zero attached hydrogens (tertiary/aromatic N) is 2. The first-order chi connectivity index (χ1) is 8.59. The Hall–Kier alpha value is -1.20. The van der Waals surface area contributed by atoms with Gasteiger partial charge >= 0.3 is 0 Å². The molecule has 0 spiro atoms. The Balaban J connectivity index is 2.12. The van der Waals surface area contributed by atoms with Gasteiger partial charge in [0.2, 0.25) is 0 Å². The Labute approximate surface area is 113 Å². The van der Waals surface area contributed by atoms with E-state index in [1.165, 1.54) is 0 Å². The van der Waals surface area contributed by atoms with Crippen LogP contribution >= 0.6 is 12.2 Å². The van der Waals surface area contributed by atoms with Gasteiger partial charge in [-0.1, -0.05) is 12.2 Å². The van der Waals surface area contributed by atoms with Crippen molar-refractivity contribution in [1.82, 2.24) is 4.98 Å². The van der Waals surface area contributed by atoms with Crippen LogP contribution in [0.5, 0.6) is 0 Å². The summed E-state index contributed by atoms with van der Waals surface area (Å²) in [5, 5.41) is 9.61. The van der Waals surface area contributed by atoms with E-state index in [0.717, 1.165) is 37.2 Å². The van der Waals surface area contributed by atoms with Crippen LogP contribution < -0.4 is 10.6 Å². The number of rotatable bonds is 3. The van der Waals surface area contributed by atoms with Crippen LogP contribution in [0.4, 0.5) is 5.69 Å². The molecule has 0 aromatic carbocycles. The van der Waals surface area contributed by atoms with E-state index in [1.807, 2.05) is 19.2 Å². The van der Waals surface area contributed by atoms with Crippen molar-refractivity contribution in [2.75, 3.05) is 18.0 Å². The van der Waals surface area contributed by atoms with Gasteiger partial charge in [-0.15, -0.1) is 0 Å². The fraction of sp³-hybridized carbons (Fsp3) is 0.538. The van der Waals surface area contributed by atoms with E-state index in [1.54, 1.807) is 6.20 Å². The normalized spacial score (nSPS) is 18.7. The van der Waals surface area contributed by atoms with Gasteiger partial charge in [0.05, 0.1) is 18.0 Å². The fourth-order valence-corrected chi connectivity index (χ4v) is 2.64. The van der Waals surface area contributed by atoms with Crippen molar-refractivity contribution >= 4 is 22.9 Å². The number of aliphatic hydroxyl groups is 1. The van der Waals surface area contributed by atoms with Gasteiger partial charge < -0.3 is 15.7 Å². The lowest BCUT2D eigenvalue weighted by molar-refractivity contribution is 0.110. The highest BCUT2D eigenvalue weighted by Crippen LogP contribution is 2.27. The van der Waals surface area contributed by atoms with Gasteiger partial charge in [-0.05, 0) is 31.7 Å². The zero-order valence-electron chi connectivity index (χ0n) is 10.5. The number of hydrogen-bond donors (Lipinski definition) is 2. The van der Waals surface area contributed by atoms with E-state index < -0.39 is 0 Å². The standard InChI is InChI=1S/C13H19N3OS/c1-9(17)10-3-6-16(7-4-10)12-8-15-5-2-11(12)13(14)18/h2,5,8-10,17H,3-4,6-7H2,1H3,(H2,14,18). The van der Waals surface area contributed by atoms with Crippen LogP contribution in [-0.4, -0.2) is 34.3 Å². The second kappa shape index (κ2) is 5.63. The summed E-state index contributed by atoms with van der Waals surface area (Å²) in [5.41, 5.74) is 7.63. The summed E-state index contributed by atoms with van der Waals surface area (Å²) < 4.78 is 0. The van der Waals surface area contributed by atoms with E-state index in [9.17, 15) is 5.11 Å². The Morgan fingerprint density at radius 2 is 2.22 bits per heavy atom. The summed E-state index contributed by atoms with van der Waals surface area (Å²) in [6.07, 6.45) is 5.28. The Bertz CT molecular complexity index is 428. The molecule has 0 radical (unpaired) electrons. The van der Waals surface area contributed by atoms with E-state index in [2.05, 4.69) is 9.88 Å². The number of pyridine rings is 1. The molecular weight excluding hydrogens is 246 g/mol. The lowest BCUT2D eigenvalue weighted by atomic mass is 9.92. The lowest BCUT2D eigenvalue weighted by Gasteiger charge is -2.35. The van der Waals surface area contributed by atoms with Crippen molar-refractivity contribution in [3.8, 4) is 0 Å². The first-order valence-electron chi connectivity index (χ1n) is 6.26. The second-order valence-corrected chi connectivity index (χ2v) is 5.26. The summed E-state index contributed by atoms with van der Waals surface area (Å²) in [6.45, 7) is 3.69. The minimum Gasteiger partial charge on any atom is -0.393 e. The molecule has 1 aromatic rings. The van der Waals surface area contributed by atoms with Crippen LogP contribution in [0.1, 0.15) is 25.3 Å². The minimum atomic E-state index is -0.226. The number of anilines is 1. The summed E-state index contributed by atoms with van der Waals surface area (Å²) in [6, 6.07) is 1.86. The third-order valence-electron chi connectivity index (χ3n) is 3.63. The molecule has 2 heterocycles. The van der Waals surface area contributed by atoms with Crippen LogP contribution in [0.3, 0.4) is 0 Å². The minimum absolute atomic E-state index is 0.226. The Morgan fingerprint density at radius 1 is 1.56 bits per heavy atom. The third-order valence-corrected chi connectivity index (χ3v) is 3.85. The van der Waals surface area contributed by atoms with Crippen LogP contribution in [0.15, 0.2) is 18.5 Å². The molecule has 0 aliphatic carbocycles. The van der Waals surface area contributed by atoms with Gasteiger partial charge in [-0.25, -0.2) is 0 Å². The number of nitrogens with two attached hydrogens (primary N) is 1. The molecule has 1 atom stereocenters. The summed E-state index contributed by atoms with van der Waals surface area (Å²) in [7, 11) is 0. The average Bonchev–Trinajstić information content (AvgIpc) is 2.39. The van der Waals surface area contributed by atoms with Gasteiger partial charge in [0, 0.05) is 24.8 Å². The number of aliphatic hydroxyl groups excluding tert-OH is 1. The predicted octanol–water partition coefficient (Wildman–Crippen LogP) is 1.31. The number of thiocarbonyl (C=S) groups is 1.